The van der Waals surface area contributed by atoms with Gasteiger partial charge >= 0.3 is 0 Å². The Morgan fingerprint density at radius 3 is 2.23 bits per heavy atom. The van der Waals surface area contributed by atoms with Gasteiger partial charge in [0.2, 0.25) is 0 Å². The van der Waals surface area contributed by atoms with Crippen LogP contribution < -0.4 is 0 Å². The second-order valence-electron chi connectivity index (χ2n) is 4.00. The Morgan fingerprint density at radius 2 is 2.00 bits per heavy atom. The molecule has 0 aliphatic heterocycles. The third-order valence-corrected chi connectivity index (χ3v) is 4.41. The van der Waals surface area contributed by atoms with Crippen LogP contribution >= 0.6 is 0 Å². The maximum absolute atomic E-state index is 8.62. The van der Waals surface area contributed by atoms with Crippen LogP contribution in [0.2, 0.25) is 19.6 Å². The summed E-state index contributed by atoms with van der Waals surface area (Å²) in [6.45, 7) is 9.78. The molecule has 0 amide bonds. The highest BCUT2D eigenvalue weighted by Gasteiger charge is 2.27. The summed E-state index contributed by atoms with van der Waals surface area (Å²) in [6.07, 6.45) is 5.85. The van der Waals surface area contributed by atoms with Crippen molar-refractivity contribution in [3.63, 3.8) is 0 Å². The molecule has 0 aromatic heterocycles. The van der Waals surface area contributed by atoms with Gasteiger partial charge in [0, 0.05) is 0 Å². The Bertz CT molecular complexity index is 229. The highest BCUT2D eigenvalue weighted by molar-refractivity contribution is 6.73. The first kappa shape index (κ1) is 12.2. The molecule has 0 heterocycles. The van der Waals surface area contributed by atoms with Crippen LogP contribution in [-0.2, 0) is 0 Å². The van der Waals surface area contributed by atoms with Crippen molar-refractivity contribution in [1.29, 1.82) is 5.26 Å². The summed E-state index contributed by atoms with van der Waals surface area (Å²) in [5, 5.41) is 8.62. The van der Waals surface area contributed by atoms with Crippen molar-refractivity contribution < 1.29 is 0 Å². The molecule has 0 saturated heterocycles. The molecule has 0 aliphatic rings. The van der Waals surface area contributed by atoms with Gasteiger partial charge in [-0.25, -0.2) is 0 Å². The third kappa shape index (κ3) is 3.63. The Morgan fingerprint density at radius 1 is 1.46 bits per heavy atom. The molecular formula is C10H18N2Si. The van der Waals surface area contributed by atoms with E-state index in [2.05, 4.69) is 43.1 Å². The summed E-state index contributed by atoms with van der Waals surface area (Å²) in [6, 6.07) is 2.15. The zero-order valence-corrected chi connectivity index (χ0v) is 9.96. The van der Waals surface area contributed by atoms with E-state index in [-0.39, 0.29) is 6.04 Å². The van der Waals surface area contributed by atoms with Crippen LogP contribution in [0.1, 0.15) is 13.3 Å². The number of terminal acetylenes is 1. The van der Waals surface area contributed by atoms with Crippen LogP contribution in [0.3, 0.4) is 0 Å². The van der Waals surface area contributed by atoms with Crippen molar-refractivity contribution in [3.05, 3.63) is 0 Å². The highest BCUT2D eigenvalue weighted by Crippen LogP contribution is 2.14. The molecule has 13 heavy (non-hydrogen) atoms. The lowest BCUT2D eigenvalue weighted by molar-refractivity contribution is 0.393. The number of nitriles is 1. The zero-order valence-electron chi connectivity index (χ0n) is 8.96. The minimum absolute atomic E-state index is 0.00154. The Kier molecular flexibility index (Phi) is 4.76. The first-order valence-electron chi connectivity index (χ1n) is 4.57. The fraction of sp³-hybridized carbons (Fsp3) is 0.700. The average Bonchev–Trinajstić information content (AvgIpc) is 2.01. The molecule has 3 heteroatoms. The van der Waals surface area contributed by atoms with Crippen molar-refractivity contribution in [2.24, 2.45) is 0 Å². The molecule has 0 N–H and O–H groups in total. The fourth-order valence-electron chi connectivity index (χ4n) is 1.51. The lowest BCUT2D eigenvalue weighted by atomic mass is 10.2. The van der Waals surface area contributed by atoms with Crippen molar-refractivity contribution >= 4 is 8.24 Å². The van der Waals surface area contributed by atoms with E-state index in [0.717, 1.165) is 6.54 Å². The summed E-state index contributed by atoms with van der Waals surface area (Å²) < 4.78 is 2.30. The molecule has 0 rings (SSSR count). The molecule has 0 saturated carbocycles. The van der Waals surface area contributed by atoms with Gasteiger partial charge < -0.3 is 4.57 Å². The van der Waals surface area contributed by atoms with Gasteiger partial charge in [0.05, 0.1) is 18.5 Å². The summed E-state index contributed by atoms with van der Waals surface area (Å²) in [5.41, 5.74) is 0. The normalized spacial score (nSPS) is 13.5. The molecule has 1 atom stereocenters. The summed E-state index contributed by atoms with van der Waals surface area (Å²) in [5.74, 6) is 2.70. The van der Waals surface area contributed by atoms with E-state index in [1.165, 1.54) is 0 Å². The first-order chi connectivity index (χ1) is 5.97. The first-order valence-corrected chi connectivity index (χ1v) is 8.02. The molecule has 0 spiro atoms. The quantitative estimate of drug-likeness (QED) is 0.506. The minimum Gasteiger partial charge on any atom is -0.311 e. The van der Waals surface area contributed by atoms with Crippen LogP contribution in [0.5, 0.6) is 0 Å². The minimum atomic E-state index is -1.37. The predicted molar refractivity (Wildman–Crippen MR) is 58.6 cm³/mol. The summed E-state index contributed by atoms with van der Waals surface area (Å²) in [4.78, 5) is 0. The van der Waals surface area contributed by atoms with Gasteiger partial charge in [0.25, 0.3) is 0 Å². The number of nitrogens with zero attached hydrogens (tertiary/aromatic N) is 2. The maximum Gasteiger partial charge on any atom is 0.120 e. The van der Waals surface area contributed by atoms with Crippen molar-refractivity contribution in [2.75, 3.05) is 6.54 Å². The maximum atomic E-state index is 8.62. The number of rotatable bonds is 4. The van der Waals surface area contributed by atoms with Crippen LogP contribution in [0.25, 0.3) is 0 Å². The van der Waals surface area contributed by atoms with Crippen LogP contribution in [-0.4, -0.2) is 25.4 Å². The van der Waals surface area contributed by atoms with E-state index >= 15 is 0 Å². The third-order valence-electron chi connectivity index (χ3n) is 2.06. The molecular weight excluding hydrogens is 176 g/mol. The molecule has 1 unspecified atom stereocenters. The van der Waals surface area contributed by atoms with Crippen LogP contribution in [0, 0.1) is 23.7 Å². The van der Waals surface area contributed by atoms with Crippen molar-refractivity contribution in [2.45, 2.75) is 39.0 Å². The van der Waals surface area contributed by atoms with E-state index in [1.807, 2.05) is 0 Å². The second-order valence-corrected chi connectivity index (χ2v) is 8.92. The smallest absolute Gasteiger partial charge is 0.120 e. The molecule has 0 aromatic carbocycles. The molecule has 72 valence electrons. The second kappa shape index (κ2) is 5.06. The van der Waals surface area contributed by atoms with E-state index in [9.17, 15) is 0 Å². The topological polar surface area (TPSA) is 27.0 Å². The molecule has 2 nitrogen and oxygen atoms in total. The largest absolute Gasteiger partial charge is 0.311 e. The van der Waals surface area contributed by atoms with Crippen molar-refractivity contribution in [1.82, 2.24) is 4.57 Å². The fourth-order valence-corrected chi connectivity index (χ4v) is 3.56. The van der Waals surface area contributed by atoms with Gasteiger partial charge in [-0.05, 0) is 6.54 Å². The molecule has 0 aliphatic carbocycles. The summed E-state index contributed by atoms with van der Waals surface area (Å²) >= 11 is 0. The molecule has 0 radical (unpaired) electrons. The molecule has 0 bridgehead atoms. The van der Waals surface area contributed by atoms with Gasteiger partial charge in [-0.2, -0.15) is 5.26 Å². The zero-order chi connectivity index (χ0) is 10.5. The van der Waals surface area contributed by atoms with Crippen LogP contribution in [0.15, 0.2) is 0 Å². The highest BCUT2D eigenvalue weighted by atomic mass is 28.3. The SMILES string of the molecule is C#CC(CC#N)N(CC)[Si](C)(C)C. The van der Waals surface area contributed by atoms with E-state index in [1.54, 1.807) is 0 Å². The Hall–Kier alpha value is -0.773. The van der Waals surface area contributed by atoms with Gasteiger partial charge in [0.15, 0.2) is 0 Å². The van der Waals surface area contributed by atoms with E-state index in [4.69, 9.17) is 11.7 Å². The average molecular weight is 194 g/mol. The lowest BCUT2D eigenvalue weighted by Gasteiger charge is -2.36. The lowest BCUT2D eigenvalue weighted by Crippen LogP contribution is -2.51. The monoisotopic (exact) mass is 194 g/mol. The van der Waals surface area contributed by atoms with Gasteiger partial charge in [-0.1, -0.05) is 32.5 Å². The van der Waals surface area contributed by atoms with Gasteiger partial charge in [-0.15, -0.1) is 6.42 Å². The predicted octanol–water partition coefficient (Wildman–Crippen LogP) is 2.06. The van der Waals surface area contributed by atoms with Crippen LogP contribution in [0.4, 0.5) is 0 Å². The Labute approximate surface area is 82.6 Å². The Balaban J connectivity index is 4.58. The number of hydrogen-bond donors (Lipinski definition) is 0. The van der Waals surface area contributed by atoms with Gasteiger partial charge in [0.1, 0.15) is 8.24 Å². The van der Waals surface area contributed by atoms with E-state index in [0.29, 0.717) is 6.42 Å². The van der Waals surface area contributed by atoms with Gasteiger partial charge in [-0.3, -0.25) is 0 Å². The van der Waals surface area contributed by atoms with E-state index < -0.39 is 8.24 Å². The molecule has 0 aromatic rings. The number of hydrogen-bond acceptors (Lipinski definition) is 2. The van der Waals surface area contributed by atoms with Crippen molar-refractivity contribution in [3.8, 4) is 18.4 Å². The standard InChI is InChI=1S/C10H18N2Si/c1-6-10(8-9-11)12(7-2)13(3,4)5/h1,10H,7-8H2,2-5H3. The molecule has 0 fully saturated rings. The summed E-state index contributed by atoms with van der Waals surface area (Å²) in [7, 11) is -1.37.